The van der Waals surface area contributed by atoms with E-state index in [9.17, 15) is 0 Å². The van der Waals surface area contributed by atoms with Crippen molar-refractivity contribution in [3.63, 3.8) is 0 Å². The Kier molecular flexibility index (Phi) is 4.34. The first-order chi connectivity index (χ1) is 13.8. The van der Waals surface area contributed by atoms with E-state index in [1.54, 1.807) is 0 Å². The topological polar surface area (TPSA) is 74.7 Å². The number of nitrogens with one attached hydrogen (secondary N) is 2. The lowest BCUT2D eigenvalue weighted by Gasteiger charge is -2.28. The van der Waals surface area contributed by atoms with E-state index in [4.69, 9.17) is 17.2 Å². The van der Waals surface area contributed by atoms with Crippen LogP contribution in [0.25, 0.3) is 28.1 Å². The number of nitrogens with zero attached hydrogens (tertiary/aromatic N) is 5. The van der Waals surface area contributed by atoms with Crippen molar-refractivity contribution in [2.75, 3.05) is 31.1 Å². The Morgan fingerprint density at radius 2 is 1.82 bits per heavy atom. The lowest BCUT2D eigenvalue weighted by Crippen LogP contribution is -2.43. The molecule has 1 aliphatic heterocycles. The second-order valence-electron chi connectivity index (χ2n) is 6.69. The van der Waals surface area contributed by atoms with Crippen molar-refractivity contribution in [3.8, 4) is 17.2 Å². The molecule has 0 aliphatic carbocycles. The zero-order valence-electron chi connectivity index (χ0n) is 15.2. The minimum Gasteiger partial charge on any atom is -0.354 e. The Morgan fingerprint density at radius 3 is 2.64 bits per heavy atom. The van der Waals surface area contributed by atoms with Gasteiger partial charge < -0.3 is 10.2 Å². The second-order valence-corrected chi connectivity index (χ2v) is 7.08. The van der Waals surface area contributed by atoms with E-state index in [1.165, 1.54) is 0 Å². The summed E-state index contributed by atoms with van der Waals surface area (Å²) in [7, 11) is 0. The first-order valence-electron chi connectivity index (χ1n) is 9.25. The molecule has 0 amide bonds. The summed E-state index contributed by atoms with van der Waals surface area (Å²) in [5.41, 5.74) is 2.55. The Morgan fingerprint density at radius 1 is 0.964 bits per heavy atom. The van der Waals surface area contributed by atoms with Gasteiger partial charge in [-0.2, -0.15) is 5.10 Å². The summed E-state index contributed by atoms with van der Waals surface area (Å²) >= 11 is 5.48. The maximum Gasteiger partial charge on any atom is 0.200 e. The summed E-state index contributed by atoms with van der Waals surface area (Å²) in [4.78, 5) is 11.7. The van der Waals surface area contributed by atoms with Crippen LogP contribution >= 0.6 is 12.2 Å². The number of hydrogen-bond donors (Lipinski definition) is 2. The van der Waals surface area contributed by atoms with Crippen molar-refractivity contribution in [2.45, 2.75) is 0 Å². The van der Waals surface area contributed by atoms with Gasteiger partial charge >= 0.3 is 0 Å². The maximum absolute atomic E-state index is 5.48. The fourth-order valence-electron chi connectivity index (χ4n) is 3.49. The predicted octanol–water partition coefficient (Wildman–Crippen LogP) is 2.95. The Bertz CT molecular complexity index is 1170. The van der Waals surface area contributed by atoms with Gasteiger partial charge in [0.15, 0.2) is 10.6 Å². The lowest BCUT2D eigenvalue weighted by atomic mass is 10.2. The number of fused-ring (bicyclic) bond motifs is 1. The minimum atomic E-state index is 0.515. The van der Waals surface area contributed by atoms with Crippen molar-refractivity contribution < 1.29 is 0 Å². The van der Waals surface area contributed by atoms with Gasteiger partial charge in [0, 0.05) is 31.6 Å². The average Bonchev–Trinajstić information content (AvgIpc) is 3.15. The Hall–Kier alpha value is -3.10. The third-order valence-electron chi connectivity index (χ3n) is 4.93. The highest BCUT2D eigenvalue weighted by atomic mass is 32.1. The van der Waals surface area contributed by atoms with Gasteiger partial charge in [-0.1, -0.05) is 24.3 Å². The number of para-hydroxylation sites is 1. The zero-order valence-corrected chi connectivity index (χ0v) is 16.0. The molecule has 1 aromatic carbocycles. The lowest BCUT2D eigenvalue weighted by molar-refractivity contribution is 0.585. The van der Waals surface area contributed by atoms with Crippen molar-refractivity contribution in [1.29, 1.82) is 0 Å². The van der Waals surface area contributed by atoms with Gasteiger partial charge in [0.1, 0.15) is 11.5 Å². The van der Waals surface area contributed by atoms with Crippen LogP contribution < -0.4 is 10.2 Å². The second kappa shape index (κ2) is 7.14. The quantitative estimate of drug-likeness (QED) is 0.525. The number of hydrogen-bond acceptors (Lipinski definition) is 6. The summed E-state index contributed by atoms with van der Waals surface area (Å²) in [6, 6.07) is 16.1. The average molecular weight is 389 g/mol. The van der Waals surface area contributed by atoms with Crippen LogP contribution in [0.5, 0.6) is 0 Å². The van der Waals surface area contributed by atoms with E-state index in [-0.39, 0.29) is 0 Å². The van der Waals surface area contributed by atoms with Gasteiger partial charge in [-0.25, -0.2) is 9.97 Å². The number of H-pyrrole nitrogens is 1. The first kappa shape index (κ1) is 17.0. The van der Waals surface area contributed by atoms with Gasteiger partial charge in [0.25, 0.3) is 0 Å². The van der Waals surface area contributed by atoms with Crippen LogP contribution in [0.15, 0.2) is 54.7 Å². The number of piperazine rings is 1. The molecule has 0 bridgehead atoms. The van der Waals surface area contributed by atoms with E-state index < -0.39 is 0 Å². The predicted molar refractivity (Wildman–Crippen MR) is 112 cm³/mol. The van der Waals surface area contributed by atoms with Gasteiger partial charge in [0.2, 0.25) is 0 Å². The molecule has 0 radical (unpaired) electrons. The minimum absolute atomic E-state index is 0.515. The molecule has 3 aromatic heterocycles. The van der Waals surface area contributed by atoms with Crippen LogP contribution in [0.3, 0.4) is 0 Å². The molecule has 0 saturated carbocycles. The third kappa shape index (κ3) is 3.06. The van der Waals surface area contributed by atoms with Crippen LogP contribution in [-0.2, 0) is 0 Å². The molecule has 4 heterocycles. The van der Waals surface area contributed by atoms with E-state index in [2.05, 4.69) is 25.4 Å². The maximum atomic E-state index is 5.48. The molecule has 2 N–H and O–H groups in total. The summed E-state index contributed by atoms with van der Waals surface area (Å²) in [6.07, 6.45) is 1.84. The fraction of sp³-hybridized carbons (Fsp3) is 0.200. The van der Waals surface area contributed by atoms with Crippen LogP contribution in [-0.4, -0.2) is 50.9 Å². The Balaban J connectivity index is 1.53. The molecule has 1 saturated heterocycles. The number of benzene rings is 1. The first-order valence-corrected chi connectivity index (χ1v) is 9.66. The SMILES string of the molecule is S=c1[nH]nc(-c2ccc3ccccc3n2)n1-c1ccc(N2CCNCC2)nc1. The largest absolute Gasteiger partial charge is 0.354 e. The molecule has 1 fully saturated rings. The molecular weight excluding hydrogens is 370 g/mol. The standard InChI is InChI=1S/C20H19N7S/c28-20-25-24-19(17-7-5-14-3-1-2-4-16(14)23-17)27(20)15-6-8-18(22-13-15)26-11-9-21-10-12-26/h1-8,13,21H,9-12H2,(H,25,28). The smallest absolute Gasteiger partial charge is 0.200 e. The van der Waals surface area contributed by atoms with Crippen LogP contribution in [0.2, 0.25) is 0 Å². The number of anilines is 1. The molecule has 8 heteroatoms. The summed E-state index contributed by atoms with van der Waals surface area (Å²) in [5.74, 6) is 1.65. The summed E-state index contributed by atoms with van der Waals surface area (Å²) < 4.78 is 2.39. The Labute approximate surface area is 167 Å². The highest BCUT2D eigenvalue weighted by Gasteiger charge is 2.15. The van der Waals surface area contributed by atoms with Crippen LogP contribution in [0.4, 0.5) is 5.82 Å². The van der Waals surface area contributed by atoms with Gasteiger partial charge in [-0.3, -0.25) is 9.67 Å². The number of rotatable bonds is 3. The van der Waals surface area contributed by atoms with Gasteiger partial charge in [0.05, 0.1) is 17.4 Å². The molecular formula is C20H19N7S. The molecule has 5 rings (SSSR count). The fourth-order valence-corrected chi connectivity index (χ4v) is 3.73. The molecule has 28 heavy (non-hydrogen) atoms. The number of aromatic amines is 1. The van der Waals surface area contributed by atoms with Crippen molar-refractivity contribution in [1.82, 2.24) is 30.0 Å². The van der Waals surface area contributed by atoms with Crippen molar-refractivity contribution >= 4 is 28.9 Å². The summed E-state index contributed by atoms with van der Waals surface area (Å²) in [6.45, 7) is 3.88. The van der Waals surface area contributed by atoms with Gasteiger partial charge in [-0.05, 0) is 36.5 Å². The third-order valence-corrected chi connectivity index (χ3v) is 5.21. The van der Waals surface area contributed by atoms with Crippen molar-refractivity contribution in [2.24, 2.45) is 0 Å². The van der Waals surface area contributed by atoms with E-state index in [0.717, 1.165) is 54.3 Å². The number of aromatic nitrogens is 5. The number of pyridine rings is 2. The monoisotopic (exact) mass is 389 g/mol. The molecule has 140 valence electrons. The van der Waals surface area contributed by atoms with E-state index in [0.29, 0.717) is 10.6 Å². The molecule has 1 aliphatic rings. The molecule has 0 atom stereocenters. The molecule has 0 unspecified atom stereocenters. The van der Waals surface area contributed by atoms with Crippen LogP contribution in [0, 0.1) is 4.77 Å². The molecule has 7 nitrogen and oxygen atoms in total. The highest BCUT2D eigenvalue weighted by Crippen LogP contribution is 2.23. The van der Waals surface area contributed by atoms with Crippen molar-refractivity contribution in [3.05, 3.63) is 59.5 Å². The van der Waals surface area contributed by atoms with Crippen LogP contribution in [0.1, 0.15) is 0 Å². The molecule has 4 aromatic rings. The normalized spacial score (nSPS) is 14.5. The highest BCUT2D eigenvalue weighted by molar-refractivity contribution is 7.71. The summed E-state index contributed by atoms with van der Waals surface area (Å²) in [5, 5.41) is 11.8. The zero-order chi connectivity index (χ0) is 18.9. The van der Waals surface area contributed by atoms with Gasteiger partial charge in [-0.15, -0.1) is 0 Å². The van der Waals surface area contributed by atoms with E-state index >= 15 is 0 Å². The van der Waals surface area contributed by atoms with E-state index in [1.807, 2.05) is 59.3 Å². The molecule has 0 spiro atoms.